The number of nitrogens with zero attached hydrogens (tertiary/aromatic N) is 3. The normalized spacial score (nSPS) is 12.6. The van der Waals surface area contributed by atoms with Gasteiger partial charge in [-0.25, -0.2) is 4.98 Å². The number of hydrogen-bond donors (Lipinski definition) is 0. The topological polar surface area (TPSA) is 51.8 Å². The molecule has 1 unspecified atom stereocenters. The molecule has 0 N–H and O–H groups in total. The summed E-state index contributed by atoms with van der Waals surface area (Å²) < 4.78 is 5.11. The summed E-state index contributed by atoms with van der Waals surface area (Å²) in [5.41, 5.74) is 0.591. The molecule has 17 heavy (non-hydrogen) atoms. The molecule has 4 nitrogen and oxygen atoms in total. The van der Waals surface area contributed by atoms with Crippen LogP contribution in [0.15, 0.2) is 22.9 Å². The number of hydrogen-bond acceptors (Lipinski definition) is 4. The molecule has 2 rings (SSSR count). The van der Waals surface area contributed by atoms with Gasteiger partial charge in [-0.15, -0.1) is 11.6 Å². The van der Waals surface area contributed by atoms with Crippen molar-refractivity contribution in [3.05, 3.63) is 29.2 Å². The highest BCUT2D eigenvalue weighted by atomic mass is 35.5. The Labute approximate surface area is 109 Å². The number of pyridine rings is 1. The van der Waals surface area contributed by atoms with Crippen molar-refractivity contribution in [2.75, 3.05) is 0 Å². The molecule has 0 spiro atoms. The minimum atomic E-state index is -0.218. The van der Waals surface area contributed by atoms with Crippen LogP contribution in [0.25, 0.3) is 11.6 Å². The van der Waals surface area contributed by atoms with Crippen LogP contribution in [-0.2, 0) is 0 Å². The Morgan fingerprint density at radius 1 is 1.41 bits per heavy atom. The van der Waals surface area contributed by atoms with Crippen LogP contribution in [0.4, 0.5) is 0 Å². The smallest absolute Gasteiger partial charge is 0.276 e. The lowest BCUT2D eigenvalue weighted by molar-refractivity contribution is 0.419. The summed E-state index contributed by atoms with van der Waals surface area (Å²) in [6.07, 6.45) is 3.32. The highest BCUT2D eigenvalue weighted by Crippen LogP contribution is 2.25. The largest absolute Gasteiger partial charge is 0.332 e. The van der Waals surface area contributed by atoms with Crippen molar-refractivity contribution in [3.8, 4) is 11.6 Å². The van der Waals surface area contributed by atoms with E-state index < -0.39 is 0 Å². The van der Waals surface area contributed by atoms with E-state index in [0.29, 0.717) is 22.4 Å². The molecule has 0 aromatic carbocycles. The zero-order chi connectivity index (χ0) is 12.3. The van der Waals surface area contributed by atoms with Crippen LogP contribution in [0, 0.1) is 0 Å². The van der Waals surface area contributed by atoms with Crippen molar-refractivity contribution in [2.24, 2.45) is 0 Å². The van der Waals surface area contributed by atoms with E-state index in [9.17, 15) is 0 Å². The second-order valence-electron chi connectivity index (χ2n) is 3.58. The Bertz CT molecular complexity index is 484. The van der Waals surface area contributed by atoms with Gasteiger partial charge in [0.1, 0.15) is 5.69 Å². The number of aromatic nitrogens is 3. The van der Waals surface area contributed by atoms with Gasteiger partial charge in [0, 0.05) is 6.20 Å². The highest BCUT2D eigenvalue weighted by Gasteiger charge is 2.16. The van der Waals surface area contributed by atoms with E-state index in [1.54, 1.807) is 12.1 Å². The van der Waals surface area contributed by atoms with E-state index in [4.69, 9.17) is 27.7 Å². The van der Waals surface area contributed by atoms with E-state index in [1.165, 1.54) is 6.20 Å². The summed E-state index contributed by atoms with van der Waals surface area (Å²) in [7, 11) is 0. The van der Waals surface area contributed by atoms with Gasteiger partial charge in [0.15, 0.2) is 5.82 Å². The molecule has 0 aliphatic rings. The first-order valence-electron chi connectivity index (χ1n) is 5.30. The number of alkyl halides is 1. The molecule has 2 aromatic heterocycles. The summed E-state index contributed by atoms with van der Waals surface area (Å²) in [6.45, 7) is 2.05. The molecule has 0 aliphatic heterocycles. The van der Waals surface area contributed by atoms with E-state index in [1.807, 2.05) is 0 Å². The maximum Gasteiger partial charge on any atom is 0.276 e. The summed E-state index contributed by atoms with van der Waals surface area (Å²) in [5, 5.41) is 4.19. The van der Waals surface area contributed by atoms with Crippen molar-refractivity contribution < 1.29 is 4.52 Å². The molecule has 0 saturated heterocycles. The van der Waals surface area contributed by atoms with Crippen LogP contribution in [0.1, 0.15) is 31.0 Å². The van der Waals surface area contributed by atoms with Gasteiger partial charge in [0.05, 0.1) is 10.4 Å². The molecule has 0 bridgehead atoms. The van der Waals surface area contributed by atoms with E-state index in [0.717, 1.165) is 12.8 Å². The molecule has 2 aromatic rings. The lowest BCUT2D eigenvalue weighted by Gasteiger charge is -1.99. The minimum Gasteiger partial charge on any atom is -0.332 e. The fourth-order valence-electron chi connectivity index (χ4n) is 1.35. The zero-order valence-corrected chi connectivity index (χ0v) is 10.7. The molecule has 1 atom stereocenters. The maximum atomic E-state index is 6.11. The number of rotatable bonds is 4. The van der Waals surface area contributed by atoms with Crippen LogP contribution >= 0.6 is 23.2 Å². The predicted molar refractivity (Wildman–Crippen MR) is 66.0 cm³/mol. The van der Waals surface area contributed by atoms with Crippen molar-refractivity contribution in [2.45, 2.75) is 25.1 Å². The average Bonchev–Trinajstić information content (AvgIpc) is 2.80. The highest BCUT2D eigenvalue weighted by molar-refractivity contribution is 6.30. The second-order valence-corrected chi connectivity index (χ2v) is 4.54. The summed E-state index contributed by atoms with van der Waals surface area (Å²) in [6, 6.07) is 3.45. The first-order chi connectivity index (χ1) is 8.20. The Kier molecular flexibility index (Phi) is 3.97. The Morgan fingerprint density at radius 2 is 2.24 bits per heavy atom. The fourth-order valence-corrected chi connectivity index (χ4v) is 1.77. The molecule has 0 radical (unpaired) electrons. The van der Waals surface area contributed by atoms with Crippen LogP contribution in [0.3, 0.4) is 0 Å². The molecule has 0 amide bonds. The van der Waals surface area contributed by atoms with E-state index in [-0.39, 0.29) is 5.38 Å². The molecular formula is C11H11Cl2N3O. The van der Waals surface area contributed by atoms with Crippen LogP contribution in [-0.4, -0.2) is 15.1 Å². The molecule has 6 heteroatoms. The van der Waals surface area contributed by atoms with Gasteiger partial charge >= 0.3 is 0 Å². The third-order valence-electron chi connectivity index (χ3n) is 2.21. The fraction of sp³-hybridized carbons (Fsp3) is 0.364. The summed E-state index contributed by atoms with van der Waals surface area (Å²) in [5.74, 6) is 0.860. The monoisotopic (exact) mass is 271 g/mol. The van der Waals surface area contributed by atoms with Gasteiger partial charge in [0.25, 0.3) is 5.89 Å². The SMILES string of the molecule is CCCC(Cl)c1noc(-c2ccc(Cl)cn2)n1. The van der Waals surface area contributed by atoms with Gasteiger partial charge in [-0.3, -0.25) is 0 Å². The predicted octanol–water partition coefficient (Wildman–Crippen LogP) is 3.87. The van der Waals surface area contributed by atoms with E-state index in [2.05, 4.69) is 22.0 Å². The molecule has 0 saturated carbocycles. The Balaban J connectivity index is 2.20. The molecule has 0 aliphatic carbocycles. The Morgan fingerprint density at radius 3 is 2.88 bits per heavy atom. The first kappa shape index (κ1) is 12.3. The summed E-state index contributed by atoms with van der Waals surface area (Å²) >= 11 is 11.9. The standard InChI is InChI=1S/C11H11Cl2N3O/c1-2-3-8(13)10-15-11(17-16-10)9-5-4-7(12)6-14-9/h4-6,8H,2-3H2,1H3. The van der Waals surface area contributed by atoms with Crippen molar-refractivity contribution in [3.63, 3.8) is 0 Å². The quantitative estimate of drug-likeness (QED) is 0.793. The van der Waals surface area contributed by atoms with Crippen molar-refractivity contribution >= 4 is 23.2 Å². The maximum absolute atomic E-state index is 6.11. The van der Waals surface area contributed by atoms with Gasteiger partial charge in [-0.05, 0) is 18.6 Å². The molecular weight excluding hydrogens is 261 g/mol. The van der Waals surface area contributed by atoms with Crippen molar-refractivity contribution in [1.29, 1.82) is 0 Å². The average molecular weight is 272 g/mol. The second kappa shape index (κ2) is 5.47. The molecule has 0 fully saturated rings. The summed E-state index contributed by atoms with van der Waals surface area (Å²) in [4.78, 5) is 8.31. The lowest BCUT2D eigenvalue weighted by Crippen LogP contribution is -1.92. The van der Waals surface area contributed by atoms with E-state index >= 15 is 0 Å². The van der Waals surface area contributed by atoms with Gasteiger partial charge in [-0.1, -0.05) is 30.1 Å². The third kappa shape index (κ3) is 2.96. The number of halogens is 2. The van der Waals surface area contributed by atoms with Gasteiger partial charge in [-0.2, -0.15) is 4.98 Å². The van der Waals surface area contributed by atoms with Crippen LogP contribution < -0.4 is 0 Å². The van der Waals surface area contributed by atoms with Crippen molar-refractivity contribution in [1.82, 2.24) is 15.1 Å². The first-order valence-corrected chi connectivity index (χ1v) is 6.11. The molecule has 2 heterocycles. The third-order valence-corrected chi connectivity index (χ3v) is 2.85. The zero-order valence-electron chi connectivity index (χ0n) is 9.23. The van der Waals surface area contributed by atoms with Crippen LogP contribution in [0.5, 0.6) is 0 Å². The lowest BCUT2D eigenvalue weighted by atomic mass is 10.2. The van der Waals surface area contributed by atoms with Gasteiger partial charge in [0.2, 0.25) is 0 Å². The molecule has 90 valence electrons. The van der Waals surface area contributed by atoms with Gasteiger partial charge < -0.3 is 4.52 Å². The van der Waals surface area contributed by atoms with Crippen LogP contribution in [0.2, 0.25) is 5.02 Å². The Hall–Kier alpha value is -1.13. The minimum absolute atomic E-state index is 0.218.